The summed E-state index contributed by atoms with van der Waals surface area (Å²) < 4.78 is 48.2. The molecule has 4 aromatic heterocycles. The van der Waals surface area contributed by atoms with Crippen LogP contribution in [0.4, 0.5) is 18.9 Å². The molecule has 1 N–H and O–H groups in total. The standard InChI is InChI=1S/C23H15F3N6O2/c1-13-8-15(10-29-19(13)22-28-6-7-34-22)31-21(33)17-11-30-32(20(17)23(24,25)26)18-12-27-9-14-4-2-3-5-16(14)18/h2-12H,1H3,(H,31,33). The van der Waals surface area contributed by atoms with Gasteiger partial charge in [0.1, 0.15) is 12.0 Å². The summed E-state index contributed by atoms with van der Waals surface area (Å²) in [6.45, 7) is 1.72. The lowest BCUT2D eigenvalue weighted by molar-refractivity contribution is -0.143. The number of anilines is 1. The van der Waals surface area contributed by atoms with Crippen molar-refractivity contribution >= 4 is 22.4 Å². The number of alkyl halides is 3. The number of hydrogen-bond acceptors (Lipinski definition) is 6. The molecule has 0 spiro atoms. The van der Waals surface area contributed by atoms with E-state index in [1.807, 2.05) is 0 Å². The monoisotopic (exact) mass is 464 g/mol. The number of nitrogens with one attached hydrogen (secondary N) is 1. The lowest BCUT2D eigenvalue weighted by Crippen LogP contribution is -2.21. The molecule has 0 saturated heterocycles. The Morgan fingerprint density at radius 3 is 2.65 bits per heavy atom. The minimum Gasteiger partial charge on any atom is -0.443 e. The van der Waals surface area contributed by atoms with Crippen LogP contribution in [-0.4, -0.2) is 30.6 Å². The highest BCUT2D eigenvalue weighted by Crippen LogP contribution is 2.35. The number of pyridine rings is 2. The molecule has 0 radical (unpaired) electrons. The topological polar surface area (TPSA) is 98.7 Å². The molecule has 0 bridgehead atoms. The smallest absolute Gasteiger partial charge is 0.434 e. The minimum absolute atomic E-state index is 0.109. The zero-order valence-electron chi connectivity index (χ0n) is 17.5. The number of fused-ring (bicyclic) bond motifs is 1. The van der Waals surface area contributed by atoms with Crippen molar-refractivity contribution in [2.24, 2.45) is 0 Å². The average Bonchev–Trinajstić information content (AvgIpc) is 3.49. The van der Waals surface area contributed by atoms with Crippen LogP contribution in [-0.2, 0) is 6.18 Å². The molecule has 5 rings (SSSR count). The highest BCUT2D eigenvalue weighted by atomic mass is 19.4. The number of rotatable bonds is 4. The van der Waals surface area contributed by atoms with Crippen LogP contribution in [0.15, 0.2) is 72.0 Å². The van der Waals surface area contributed by atoms with Crippen LogP contribution in [0.2, 0.25) is 0 Å². The first-order valence-electron chi connectivity index (χ1n) is 9.99. The van der Waals surface area contributed by atoms with Gasteiger partial charge in [-0.15, -0.1) is 0 Å². The molecule has 8 nitrogen and oxygen atoms in total. The molecule has 11 heteroatoms. The molecule has 0 saturated carbocycles. The van der Waals surface area contributed by atoms with Crippen LogP contribution in [0.1, 0.15) is 21.6 Å². The second-order valence-corrected chi connectivity index (χ2v) is 7.38. The van der Waals surface area contributed by atoms with Crippen LogP contribution < -0.4 is 5.32 Å². The van der Waals surface area contributed by atoms with E-state index in [4.69, 9.17) is 4.42 Å². The molecule has 0 unspecified atom stereocenters. The third-order valence-electron chi connectivity index (χ3n) is 5.13. The molecule has 0 atom stereocenters. The van der Waals surface area contributed by atoms with E-state index in [9.17, 15) is 18.0 Å². The maximum Gasteiger partial charge on any atom is 0.434 e. The fourth-order valence-electron chi connectivity index (χ4n) is 3.65. The predicted molar refractivity (Wildman–Crippen MR) is 116 cm³/mol. The van der Waals surface area contributed by atoms with E-state index in [1.165, 1.54) is 24.9 Å². The van der Waals surface area contributed by atoms with Crippen LogP contribution >= 0.6 is 0 Å². The van der Waals surface area contributed by atoms with Gasteiger partial charge in [-0.25, -0.2) is 14.6 Å². The third-order valence-corrected chi connectivity index (χ3v) is 5.13. The van der Waals surface area contributed by atoms with Crippen molar-refractivity contribution in [3.8, 4) is 17.3 Å². The molecular formula is C23H15F3N6O2. The Balaban J connectivity index is 1.53. The molecule has 0 aliphatic heterocycles. The lowest BCUT2D eigenvalue weighted by atomic mass is 10.1. The maximum absolute atomic E-state index is 14.1. The third kappa shape index (κ3) is 3.76. The first kappa shape index (κ1) is 21.3. The molecule has 5 aromatic rings. The van der Waals surface area contributed by atoms with Crippen LogP contribution in [0, 0.1) is 6.92 Å². The summed E-state index contributed by atoms with van der Waals surface area (Å²) in [5, 5.41) is 7.51. The summed E-state index contributed by atoms with van der Waals surface area (Å²) in [5.41, 5.74) is -0.439. The molecule has 34 heavy (non-hydrogen) atoms. The van der Waals surface area contributed by atoms with Crippen molar-refractivity contribution < 1.29 is 22.4 Å². The van der Waals surface area contributed by atoms with Gasteiger partial charge in [-0.05, 0) is 18.6 Å². The van der Waals surface area contributed by atoms with Gasteiger partial charge >= 0.3 is 6.18 Å². The second-order valence-electron chi connectivity index (χ2n) is 7.38. The largest absolute Gasteiger partial charge is 0.443 e. The van der Waals surface area contributed by atoms with Crippen LogP contribution in [0.25, 0.3) is 28.0 Å². The van der Waals surface area contributed by atoms with Crippen molar-refractivity contribution in [1.82, 2.24) is 24.7 Å². The van der Waals surface area contributed by atoms with E-state index >= 15 is 0 Å². The van der Waals surface area contributed by atoms with E-state index in [0.717, 1.165) is 6.20 Å². The predicted octanol–water partition coefficient (Wildman–Crippen LogP) is 5.05. The summed E-state index contributed by atoms with van der Waals surface area (Å²) in [6, 6.07) is 8.42. The van der Waals surface area contributed by atoms with E-state index in [2.05, 4.69) is 25.4 Å². The van der Waals surface area contributed by atoms with E-state index in [1.54, 1.807) is 43.5 Å². The number of carbonyl (C=O) groups is 1. The molecular weight excluding hydrogens is 449 g/mol. The van der Waals surface area contributed by atoms with Gasteiger partial charge in [0.15, 0.2) is 5.69 Å². The Labute approximate surface area is 190 Å². The zero-order valence-corrected chi connectivity index (χ0v) is 17.5. The fourth-order valence-corrected chi connectivity index (χ4v) is 3.65. The van der Waals surface area contributed by atoms with Crippen molar-refractivity contribution in [2.75, 3.05) is 5.32 Å². The van der Waals surface area contributed by atoms with Gasteiger partial charge in [0.2, 0.25) is 5.89 Å². The molecule has 4 heterocycles. The van der Waals surface area contributed by atoms with Gasteiger partial charge in [0.05, 0.1) is 41.7 Å². The van der Waals surface area contributed by atoms with Crippen molar-refractivity contribution in [3.63, 3.8) is 0 Å². The van der Waals surface area contributed by atoms with Gasteiger partial charge in [0, 0.05) is 17.0 Å². The number of amides is 1. The molecule has 0 aliphatic carbocycles. The van der Waals surface area contributed by atoms with E-state index in [0.29, 0.717) is 32.6 Å². The summed E-state index contributed by atoms with van der Waals surface area (Å²) in [5.74, 6) is -0.684. The van der Waals surface area contributed by atoms with Gasteiger partial charge < -0.3 is 9.73 Å². The van der Waals surface area contributed by atoms with Gasteiger partial charge in [-0.3, -0.25) is 9.78 Å². The quantitative estimate of drug-likeness (QED) is 0.400. The molecule has 170 valence electrons. The maximum atomic E-state index is 14.1. The molecule has 1 aromatic carbocycles. The number of nitrogens with zero attached hydrogens (tertiary/aromatic N) is 5. The molecule has 0 fully saturated rings. The van der Waals surface area contributed by atoms with Gasteiger partial charge in [0.25, 0.3) is 5.91 Å². The van der Waals surface area contributed by atoms with Crippen molar-refractivity contribution in [2.45, 2.75) is 13.1 Å². The summed E-state index contributed by atoms with van der Waals surface area (Å²) >= 11 is 0. The highest BCUT2D eigenvalue weighted by molar-refractivity contribution is 6.05. The van der Waals surface area contributed by atoms with Crippen molar-refractivity contribution in [1.29, 1.82) is 0 Å². The first-order valence-corrected chi connectivity index (χ1v) is 9.99. The normalized spacial score (nSPS) is 11.6. The number of halogens is 3. The highest BCUT2D eigenvalue weighted by Gasteiger charge is 2.41. The number of hydrogen-bond donors (Lipinski definition) is 1. The van der Waals surface area contributed by atoms with Crippen LogP contribution in [0.5, 0.6) is 0 Å². The summed E-state index contributed by atoms with van der Waals surface area (Å²) in [4.78, 5) is 25.1. The number of oxazole rings is 1. The molecule has 1 amide bonds. The Morgan fingerprint density at radius 2 is 1.91 bits per heavy atom. The SMILES string of the molecule is Cc1cc(NC(=O)c2cnn(-c3cncc4ccccc34)c2C(F)(F)F)cnc1-c1ncco1. The summed E-state index contributed by atoms with van der Waals surface area (Å²) in [7, 11) is 0. The minimum atomic E-state index is -4.86. The second kappa shape index (κ2) is 8.10. The summed E-state index contributed by atoms with van der Waals surface area (Å²) in [6.07, 6.45) is 3.03. The van der Waals surface area contributed by atoms with E-state index in [-0.39, 0.29) is 11.4 Å². The Bertz CT molecular complexity index is 1500. The molecule has 0 aliphatic rings. The van der Waals surface area contributed by atoms with Gasteiger partial charge in [-0.1, -0.05) is 24.3 Å². The average molecular weight is 464 g/mol. The first-order chi connectivity index (χ1) is 16.3. The van der Waals surface area contributed by atoms with Crippen molar-refractivity contribution in [3.05, 3.63) is 84.4 Å². The Kier molecular flexibility index (Phi) is 5.08. The van der Waals surface area contributed by atoms with E-state index < -0.39 is 23.3 Å². The number of aromatic nitrogens is 5. The number of benzene rings is 1. The lowest BCUT2D eigenvalue weighted by Gasteiger charge is -2.14. The number of aryl methyl sites for hydroxylation is 1. The van der Waals surface area contributed by atoms with Crippen LogP contribution in [0.3, 0.4) is 0 Å². The Morgan fingerprint density at radius 1 is 1.09 bits per heavy atom. The van der Waals surface area contributed by atoms with Gasteiger partial charge in [-0.2, -0.15) is 18.3 Å². The zero-order chi connectivity index (χ0) is 23.9. The Hall–Kier alpha value is -4.54. The number of carbonyl (C=O) groups excluding carboxylic acids is 1. The fraction of sp³-hybridized carbons (Fsp3) is 0.0870.